The number of nitrogens with one attached hydrogen (secondary N) is 1. The first-order valence-electron chi connectivity index (χ1n) is 8.27. The summed E-state index contributed by atoms with van der Waals surface area (Å²) in [5, 5.41) is 13.1. The van der Waals surface area contributed by atoms with Gasteiger partial charge < -0.3 is 10.4 Å². The molecule has 0 saturated carbocycles. The Bertz CT molecular complexity index is 749. The minimum absolute atomic E-state index is 0.0107. The van der Waals surface area contributed by atoms with Crippen LogP contribution in [0, 0.1) is 12.8 Å². The van der Waals surface area contributed by atoms with Crippen molar-refractivity contribution in [3.63, 3.8) is 0 Å². The summed E-state index contributed by atoms with van der Waals surface area (Å²) in [5.41, 5.74) is 3.09. The van der Waals surface area contributed by atoms with E-state index in [1.165, 1.54) is 16.9 Å². The lowest BCUT2D eigenvalue weighted by Gasteiger charge is -2.11. The maximum absolute atomic E-state index is 12.5. The van der Waals surface area contributed by atoms with E-state index >= 15 is 0 Å². The summed E-state index contributed by atoms with van der Waals surface area (Å²) < 4.78 is 0. The normalized spacial score (nSPS) is 19.6. The molecule has 1 aliphatic rings. The van der Waals surface area contributed by atoms with Crippen molar-refractivity contribution in [1.82, 2.24) is 10.3 Å². The maximum atomic E-state index is 12.5. The van der Waals surface area contributed by atoms with Crippen molar-refractivity contribution in [2.45, 2.75) is 32.7 Å². The maximum Gasteiger partial charge on any atom is 0.263 e. The van der Waals surface area contributed by atoms with Gasteiger partial charge in [-0.05, 0) is 25.3 Å². The highest BCUT2D eigenvalue weighted by atomic mass is 32.1. The molecule has 0 spiro atoms. The highest BCUT2D eigenvalue weighted by Crippen LogP contribution is 2.28. The zero-order valence-electron chi connectivity index (χ0n) is 14.0. The lowest BCUT2D eigenvalue weighted by Crippen LogP contribution is -2.32. The molecule has 126 valence electrons. The van der Waals surface area contributed by atoms with Gasteiger partial charge in [0.1, 0.15) is 9.88 Å². The minimum Gasteiger partial charge on any atom is -0.396 e. The topological polar surface area (TPSA) is 62.2 Å². The Labute approximate surface area is 146 Å². The van der Waals surface area contributed by atoms with Crippen molar-refractivity contribution < 1.29 is 9.90 Å². The molecule has 1 aromatic carbocycles. The molecule has 0 bridgehead atoms. The molecule has 0 unspecified atom stereocenters. The smallest absolute Gasteiger partial charge is 0.263 e. The summed E-state index contributed by atoms with van der Waals surface area (Å²) in [6, 6.07) is 8.31. The molecule has 0 fully saturated rings. The Hall–Kier alpha value is -1.98. The number of hydrogen-bond donors (Lipinski definition) is 2. The number of nitrogens with zero attached hydrogens (tertiary/aromatic N) is 1. The second-order valence-corrected chi connectivity index (χ2v) is 7.13. The van der Waals surface area contributed by atoms with E-state index in [1.54, 1.807) is 0 Å². The highest BCUT2D eigenvalue weighted by molar-refractivity contribution is 7.17. The third kappa shape index (κ3) is 3.57. The van der Waals surface area contributed by atoms with Crippen LogP contribution in [-0.2, 0) is 6.42 Å². The van der Waals surface area contributed by atoms with Crippen LogP contribution in [0.2, 0.25) is 0 Å². The Morgan fingerprint density at radius 3 is 2.71 bits per heavy atom. The molecule has 4 nitrogen and oxygen atoms in total. The van der Waals surface area contributed by atoms with Gasteiger partial charge >= 0.3 is 0 Å². The van der Waals surface area contributed by atoms with Gasteiger partial charge in [-0.1, -0.05) is 43.3 Å². The van der Waals surface area contributed by atoms with Gasteiger partial charge in [0, 0.05) is 24.1 Å². The van der Waals surface area contributed by atoms with Gasteiger partial charge in [-0.15, -0.1) is 11.3 Å². The Kier molecular flexibility index (Phi) is 5.11. The molecule has 1 aromatic heterocycles. The molecule has 5 heteroatoms. The molecule has 1 aliphatic carbocycles. The van der Waals surface area contributed by atoms with Crippen LogP contribution in [0.3, 0.4) is 0 Å². The van der Waals surface area contributed by atoms with E-state index in [0.29, 0.717) is 4.88 Å². The summed E-state index contributed by atoms with van der Waals surface area (Å²) in [6.45, 7) is 4.13. The molecular formula is C19H22N2O2S. The molecular weight excluding hydrogens is 320 g/mol. The third-order valence-corrected chi connectivity index (χ3v) is 5.54. The molecule has 3 rings (SSSR count). The average Bonchev–Trinajstić information content (AvgIpc) is 3.21. The van der Waals surface area contributed by atoms with Crippen LogP contribution in [-0.4, -0.2) is 28.6 Å². The first kappa shape index (κ1) is 16.9. The fourth-order valence-corrected chi connectivity index (χ4v) is 3.84. The number of carbonyl (C=O) groups is 1. The van der Waals surface area contributed by atoms with Crippen LogP contribution in [0.5, 0.6) is 0 Å². The molecule has 2 atom stereocenters. The Morgan fingerprint density at radius 2 is 2.08 bits per heavy atom. The van der Waals surface area contributed by atoms with Crippen molar-refractivity contribution in [2.24, 2.45) is 5.92 Å². The fourth-order valence-electron chi connectivity index (χ4n) is 2.86. The van der Waals surface area contributed by atoms with Crippen LogP contribution >= 0.6 is 11.3 Å². The molecule has 1 heterocycles. The van der Waals surface area contributed by atoms with Crippen LogP contribution in [0.25, 0.3) is 10.6 Å². The van der Waals surface area contributed by atoms with E-state index in [0.717, 1.165) is 29.1 Å². The van der Waals surface area contributed by atoms with Crippen LogP contribution < -0.4 is 5.32 Å². The monoisotopic (exact) mass is 342 g/mol. The molecule has 2 aromatic rings. The van der Waals surface area contributed by atoms with E-state index in [1.807, 2.05) is 19.1 Å². The number of thiazole rings is 1. The minimum atomic E-state index is -0.0883. The van der Waals surface area contributed by atoms with Gasteiger partial charge in [0.2, 0.25) is 0 Å². The number of amides is 1. The SMILES string of the molecule is CCc1ccc(-c2nc(C)c(C(=O)N[C@@H]3C=C[C@H](CO)C3)s2)cc1. The summed E-state index contributed by atoms with van der Waals surface area (Å²) in [5.74, 6) is 0.0557. The molecule has 2 N–H and O–H groups in total. The van der Waals surface area contributed by atoms with E-state index in [-0.39, 0.29) is 24.5 Å². The van der Waals surface area contributed by atoms with Crippen molar-refractivity contribution in [3.8, 4) is 10.6 Å². The number of aromatic nitrogens is 1. The van der Waals surface area contributed by atoms with Gasteiger partial charge in [0.15, 0.2) is 0 Å². The molecule has 24 heavy (non-hydrogen) atoms. The molecule has 0 radical (unpaired) electrons. The lowest BCUT2D eigenvalue weighted by atomic mass is 10.1. The second kappa shape index (κ2) is 7.28. The van der Waals surface area contributed by atoms with Gasteiger partial charge in [-0.3, -0.25) is 4.79 Å². The van der Waals surface area contributed by atoms with Crippen LogP contribution in [0.4, 0.5) is 0 Å². The number of aliphatic hydroxyl groups is 1. The quantitative estimate of drug-likeness (QED) is 0.819. The zero-order chi connectivity index (χ0) is 17.1. The van der Waals surface area contributed by atoms with E-state index in [2.05, 4.69) is 41.5 Å². The van der Waals surface area contributed by atoms with Crippen molar-refractivity contribution in [2.75, 3.05) is 6.61 Å². The van der Waals surface area contributed by atoms with E-state index in [4.69, 9.17) is 0 Å². The van der Waals surface area contributed by atoms with Gasteiger partial charge in [-0.25, -0.2) is 4.98 Å². The lowest BCUT2D eigenvalue weighted by molar-refractivity contribution is 0.0944. The highest BCUT2D eigenvalue weighted by Gasteiger charge is 2.23. The van der Waals surface area contributed by atoms with E-state index in [9.17, 15) is 9.90 Å². The van der Waals surface area contributed by atoms with Gasteiger partial charge in [-0.2, -0.15) is 0 Å². The number of carbonyl (C=O) groups excluding carboxylic acids is 1. The average molecular weight is 342 g/mol. The van der Waals surface area contributed by atoms with Crippen molar-refractivity contribution in [3.05, 3.63) is 52.6 Å². The number of aryl methyl sites for hydroxylation is 2. The second-order valence-electron chi connectivity index (χ2n) is 6.13. The first-order valence-corrected chi connectivity index (χ1v) is 9.09. The summed E-state index contributed by atoms with van der Waals surface area (Å²) in [6.07, 6.45) is 5.69. The summed E-state index contributed by atoms with van der Waals surface area (Å²) in [7, 11) is 0. The van der Waals surface area contributed by atoms with Crippen molar-refractivity contribution in [1.29, 1.82) is 0 Å². The third-order valence-electron chi connectivity index (χ3n) is 4.34. The van der Waals surface area contributed by atoms with Crippen LogP contribution in [0.15, 0.2) is 36.4 Å². The molecule has 0 saturated heterocycles. The zero-order valence-corrected chi connectivity index (χ0v) is 14.8. The summed E-state index contributed by atoms with van der Waals surface area (Å²) >= 11 is 1.43. The molecule has 1 amide bonds. The first-order chi connectivity index (χ1) is 11.6. The Morgan fingerprint density at radius 1 is 1.33 bits per heavy atom. The number of benzene rings is 1. The predicted octanol–water partition coefficient (Wildman–Crippen LogP) is 3.35. The number of rotatable bonds is 5. The fraction of sp³-hybridized carbons (Fsp3) is 0.368. The van der Waals surface area contributed by atoms with Gasteiger partial charge in [0.05, 0.1) is 5.69 Å². The predicted molar refractivity (Wildman–Crippen MR) is 97.3 cm³/mol. The largest absolute Gasteiger partial charge is 0.396 e. The van der Waals surface area contributed by atoms with Gasteiger partial charge in [0.25, 0.3) is 5.91 Å². The van der Waals surface area contributed by atoms with Crippen molar-refractivity contribution >= 4 is 17.2 Å². The number of aliphatic hydroxyl groups excluding tert-OH is 1. The molecule has 0 aliphatic heterocycles. The summed E-state index contributed by atoms with van der Waals surface area (Å²) in [4.78, 5) is 17.7. The Balaban J connectivity index is 1.73. The van der Waals surface area contributed by atoms with Crippen LogP contribution in [0.1, 0.15) is 34.3 Å². The standard InChI is InChI=1S/C19H22N2O2S/c1-3-13-4-7-15(8-5-13)19-20-12(2)17(24-19)18(23)21-16-9-6-14(10-16)11-22/h4-9,14,16,22H,3,10-11H2,1-2H3,(H,21,23)/t14-,16+/m0/s1. The number of hydrogen-bond acceptors (Lipinski definition) is 4. The van der Waals surface area contributed by atoms with E-state index < -0.39 is 0 Å².